The van der Waals surface area contributed by atoms with Crippen molar-refractivity contribution in [1.82, 2.24) is 5.16 Å². The zero-order chi connectivity index (χ0) is 17.9. The number of para-hydroxylation sites is 2. The van der Waals surface area contributed by atoms with Gasteiger partial charge in [0.1, 0.15) is 18.9 Å². The van der Waals surface area contributed by atoms with Gasteiger partial charge in [0.15, 0.2) is 17.3 Å². The van der Waals surface area contributed by atoms with Gasteiger partial charge in [-0.3, -0.25) is 0 Å². The molecule has 0 fully saturated rings. The maximum absolute atomic E-state index is 12.2. The summed E-state index contributed by atoms with van der Waals surface area (Å²) in [6.07, 6.45) is -0.812. The normalized spacial score (nSPS) is 15.5. The predicted molar refractivity (Wildman–Crippen MR) is 93.1 cm³/mol. The third-order valence-corrected chi connectivity index (χ3v) is 4.07. The van der Waals surface area contributed by atoms with Crippen LogP contribution in [0.15, 0.2) is 59.1 Å². The van der Waals surface area contributed by atoms with Crippen molar-refractivity contribution in [3.05, 3.63) is 65.3 Å². The van der Waals surface area contributed by atoms with Crippen LogP contribution in [0.2, 0.25) is 5.02 Å². The molecule has 0 amide bonds. The van der Waals surface area contributed by atoms with Crippen LogP contribution in [0, 0.1) is 0 Å². The maximum Gasteiger partial charge on any atom is 0.351 e. The van der Waals surface area contributed by atoms with Crippen molar-refractivity contribution in [2.24, 2.45) is 0 Å². The van der Waals surface area contributed by atoms with Gasteiger partial charge < -0.3 is 18.7 Å². The summed E-state index contributed by atoms with van der Waals surface area (Å²) in [4.78, 5) is 12.2. The van der Waals surface area contributed by atoms with E-state index < -0.39 is 12.1 Å². The topological polar surface area (TPSA) is 70.8 Å². The van der Waals surface area contributed by atoms with Crippen LogP contribution in [-0.4, -0.2) is 23.8 Å². The van der Waals surface area contributed by atoms with Gasteiger partial charge in [0.2, 0.25) is 6.10 Å². The molecule has 0 saturated heterocycles. The van der Waals surface area contributed by atoms with Gasteiger partial charge in [0, 0.05) is 16.7 Å². The van der Waals surface area contributed by atoms with Crippen LogP contribution in [0.1, 0.15) is 5.69 Å². The van der Waals surface area contributed by atoms with Gasteiger partial charge >= 0.3 is 5.97 Å². The van der Waals surface area contributed by atoms with Gasteiger partial charge in [-0.2, -0.15) is 0 Å². The summed E-state index contributed by atoms with van der Waals surface area (Å²) in [5.41, 5.74) is 1.33. The first kappa shape index (κ1) is 16.5. The molecule has 0 spiro atoms. The van der Waals surface area contributed by atoms with E-state index in [-0.39, 0.29) is 13.2 Å². The average Bonchev–Trinajstić information content (AvgIpc) is 3.15. The monoisotopic (exact) mass is 371 g/mol. The van der Waals surface area contributed by atoms with Crippen molar-refractivity contribution >= 4 is 17.6 Å². The highest BCUT2D eigenvalue weighted by molar-refractivity contribution is 6.30. The molecule has 1 aliphatic rings. The van der Waals surface area contributed by atoms with Gasteiger partial charge in [-0.05, 0) is 36.4 Å². The van der Waals surface area contributed by atoms with Crippen LogP contribution in [-0.2, 0) is 16.1 Å². The Hall–Kier alpha value is -2.99. The second-order valence-electron chi connectivity index (χ2n) is 5.66. The number of esters is 1. The lowest BCUT2D eigenvalue weighted by molar-refractivity contribution is -0.156. The molecule has 1 aliphatic heterocycles. The van der Waals surface area contributed by atoms with E-state index in [0.717, 1.165) is 5.56 Å². The van der Waals surface area contributed by atoms with Gasteiger partial charge in [-0.1, -0.05) is 28.9 Å². The Bertz CT molecular complexity index is 922. The standard InChI is InChI=1S/C19H14ClNO5/c20-13-7-5-12(6-8-13)17-9-14(21-26-17)10-24-19(22)18-11-23-15-3-1-2-4-16(15)25-18/h1-9,18H,10-11H2. The molecule has 0 aliphatic carbocycles. The lowest BCUT2D eigenvalue weighted by atomic mass is 10.2. The highest BCUT2D eigenvalue weighted by Crippen LogP contribution is 2.31. The largest absolute Gasteiger partial charge is 0.485 e. The first-order valence-corrected chi connectivity index (χ1v) is 8.33. The number of halogens is 1. The molecule has 0 radical (unpaired) electrons. The summed E-state index contributed by atoms with van der Waals surface area (Å²) >= 11 is 5.87. The van der Waals surface area contributed by atoms with Crippen molar-refractivity contribution < 1.29 is 23.5 Å². The fraction of sp³-hybridized carbons (Fsp3) is 0.158. The minimum absolute atomic E-state index is 0.0164. The summed E-state index contributed by atoms with van der Waals surface area (Å²) in [6, 6.07) is 16.0. The van der Waals surface area contributed by atoms with Crippen LogP contribution in [0.4, 0.5) is 0 Å². The lowest BCUT2D eigenvalue weighted by Gasteiger charge is -2.24. The molecule has 0 N–H and O–H groups in total. The Morgan fingerprint density at radius 1 is 1.15 bits per heavy atom. The number of ether oxygens (including phenoxy) is 3. The number of fused-ring (bicyclic) bond motifs is 1. The van der Waals surface area contributed by atoms with Gasteiger partial charge in [0.05, 0.1) is 0 Å². The second-order valence-corrected chi connectivity index (χ2v) is 6.10. The molecule has 2 aromatic carbocycles. The predicted octanol–water partition coefficient (Wildman–Crippen LogP) is 3.88. The Kier molecular flexibility index (Phi) is 4.50. The van der Waals surface area contributed by atoms with E-state index in [2.05, 4.69) is 5.16 Å². The number of nitrogens with zero attached hydrogens (tertiary/aromatic N) is 1. The highest BCUT2D eigenvalue weighted by atomic mass is 35.5. The smallest absolute Gasteiger partial charge is 0.351 e. The van der Waals surface area contributed by atoms with E-state index >= 15 is 0 Å². The lowest BCUT2D eigenvalue weighted by Crippen LogP contribution is -2.37. The molecular formula is C19H14ClNO5. The van der Waals surface area contributed by atoms with Crippen LogP contribution in [0.3, 0.4) is 0 Å². The molecule has 1 atom stereocenters. The van der Waals surface area contributed by atoms with Gasteiger partial charge in [-0.15, -0.1) is 0 Å². The van der Waals surface area contributed by atoms with E-state index in [9.17, 15) is 4.79 Å². The zero-order valence-corrected chi connectivity index (χ0v) is 14.3. The number of benzene rings is 2. The Labute approximate surface area is 154 Å². The quantitative estimate of drug-likeness (QED) is 0.648. The molecule has 0 saturated carbocycles. The molecule has 132 valence electrons. The third kappa shape index (κ3) is 3.50. The van der Waals surface area contributed by atoms with Crippen LogP contribution in [0.25, 0.3) is 11.3 Å². The number of hydrogen-bond donors (Lipinski definition) is 0. The minimum Gasteiger partial charge on any atom is -0.485 e. The van der Waals surface area contributed by atoms with Crippen molar-refractivity contribution in [2.45, 2.75) is 12.7 Å². The highest BCUT2D eigenvalue weighted by Gasteiger charge is 2.28. The van der Waals surface area contributed by atoms with Crippen molar-refractivity contribution in [3.63, 3.8) is 0 Å². The van der Waals surface area contributed by atoms with E-state index in [1.165, 1.54) is 0 Å². The fourth-order valence-electron chi connectivity index (χ4n) is 2.50. The molecule has 1 aromatic heterocycles. The van der Waals surface area contributed by atoms with E-state index in [0.29, 0.717) is 28.0 Å². The summed E-state index contributed by atoms with van der Waals surface area (Å²) in [5, 5.41) is 4.55. The van der Waals surface area contributed by atoms with Crippen molar-refractivity contribution in [3.8, 4) is 22.8 Å². The molecule has 7 heteroatoms. The van der Waals surface area contributed by atoms with Crippen LogP contribution < -0.4 is 9.47 Å². The molecule has 2 heterocycles. The van der Waals surface area contributed by atoms with Crippen LogP contribution >= 0.6 is 11.6 Å². The third-order valence-electron chi connectivity index (χ3n) is 3.82. The van der Waals surface area contributed by atoms with Gasteiger partial charge in [-0.25, -0.2) is 4.79 Å². The van der Waals surface area contributed by atoms with E-state index in [1.807, 2.05) is 24.3 Å². The molecule has 0 bridgehead atoms. The van der Waals surface area contributed by atoms with Crippen LogP contribution in [0.5, 0.6) is 11.5 Å². The number of carbonyl (C=O) groups excluding carboxylic acids is 1. The minimum atomic E-state index is -0.812. The molecule has 26 heavy (non-hydrogen) atoms. The number of aromatic nitrogens is 1. The molecule has 1 unspecified atom stereocenters. The zero-order valence-electron chi connectivity index (χ0n) is 13.6. The molecule has 6 nitrogen and oxygen atoms in total. The van der Waals surface area contributed by atoms with Gasteiger partial charge in [0.25, 0.3) is 0 Å². The molecule has 3 aromatic rings. The number of carbonyl (C=O) groups is 1. The number of hydrogen-bond acceptors (Lipinski definition) is 6. The average molecular weight is 372 g/mol. The van der Waals surface area contributed by atoms with Crippen molar-refractivity contribution in [2.75, 3.05) is 6.61 Å². The molecular weight excluding hydrogens is 358 g/mol. The Morgan fingerprint density at radius 3 is 2.73 bits per heavy atom. The summed E-state index contributed by atoms with van der Waals surface area (Å²) in [6.45, 7) is 0.0854. The van der Waals surface area contributed by atoms with E-state index in [1.54, 1.807) is 30.3 Å². The second kappa shape index (κ2) is 7.09. The summed E-state index contributed by atoms with van der Waals surface area (Å²) in [7, 11) is 0. The van der Waals surface area contributed by atoms with E-state index in [4.69, 9.17) is 30.3 Å². The fourth-order valence-corrected chi connectivity index (χ4v) is 2.63. The summed E-state index contributed by atoms with van der Waals surface area (Å²) < 4.78 is 21.7. The number of rotatable bonds is 4. The van der Waals surface area contributed by atoms with Crippen molar-refractivity contribution in [1.29, 1.82) is 0 Å². The Balaban J connectivity index is 1.36. The Morgan fingerprint density at radius 2 is 1.92 bits per heavy atom. The first-order chi connectivity index (χ1) is 12.7. The maximum atomic E-state index is 12.2. The summed E-state index contributed by atoms with van der Waals surface area (Å²) in [5.74, 6) is 1.18. The molecule has 4 rings (SSSR count). The first-order valence-electron chi connectivity index (χ1n) is 7.96. The SMILES string of the molecule is O=C(OCc1cc(-c2ccc(Cl)cc2)on1)C1COc2ccccc2O1.